The minimum atomic E-state index is -1.03. The molecule has 0 aliphatic carbocycles. The van der Waals surface area contributed by atoms with Gasteiger partial charge in [-0.2, -0.15) is 0 Å². The van der Waals surface area contributed by atoms with Gasteiger partial charge in [-0.05, 0) is 17.7 Å². The summed E-state index contributed by atoms with van der Waals surface area (Å²) >= 11 is 0. The smallest absolute Gasteiger partial charge is 0.419 e. The summed E-state index contributed by atoms with van der Waals surface area (Å²) in [5.41, 5.74) is 1.98. The molecule has 88 valence electrons. The van der Waals surface area contributed by atoms with E-state index in [9.17, 15) is 9.59 Å². The van der Waals surface area contributed by atoms with Crippen molar-refractivity contribution >= 4 is 17.1 Å². The number of hydrogen-bond acceptors (Lipinski definition) is 3. The van der Waals surface area contributed by atoms with E-state index in [1.807, 2.05) is 0 Å². The Hall–Kier alpha value is -2.30. The summed E-state index contributed by atoms with van der Waals surface area (Å²) in [7, 11) is 1.62. The zero-order chi connectivity index (χ0) is 12.6. The van der Waals surface area contributed by atoms with Crippen LogP contribution < -0.4 is 5.76 Å². The molecule has 0 amide bonds. The molecule has 0 fully saturated rings. The van der Waals surface area contributed by atoms with Crippen LogP contribution in [0, 0.1) is 0 Å². The van der Waals surface area contributed by atoms with Gasteiger partial charge in [0.05, 0.1) is 5.52 Å². The first-order chi connectivity index (χ1) is 7.99. The molecule has 2 rings (SSSR count). The molecule has 0 atom stereocenters. The lowest BCUT2D eigenvalue weighted by Gasteiger charge is -2.00. The second-order valence-electron chi connectivity index (χ2n) is 3.81. The molecule has 1 aromatic heterocycles. The number of carboxylic acid groups (broad SMARTS) is 1. The predicted molar refractivity (Wildman–Crippen MR) is 61.9 cm³/mol. The molecule has 17 heavy (non-hydrogen) atoms. The van der Waals surface area contributed by atoms with E-state index in [4.69, 9.17) is 9.52 Å². The van der Waals surface area contributed by atoms with Crippen molar-refractivity contribution in [3.05, 3.63) is 46.5 Å². The highest BCUT2D eigenvalue weighted by atomic mass is 16.4. The number of benzene rings is 1. The fourth-order valence-corrected chi connectivity index (χ4v) is 1.61. The summed E-state index contributed by atoms with van der Waals surface area (Å²) in [5.74, 6) is -1.46. The molecule has 0 saturated carbocycles. The average Bonchev–Trinajstić information content (AvgIpc) is 2.54. The molecule has 0 unspecified atom stereocenters. The maximum atomic E-state index is 11.3. The number of oxazole rings is 1. The van der Waals surface area contributed by atoms with Crippen LogP contribution in [0.2, 0.25) is 0 Å². The molecule has 0 saturated heterocycles. The van der Waals surface area contributed by atoms with Crippen molar-refractivity contribution in [3.8, 4) is 0 Å². The van der Waals surface area contributed by atoms with Crippen molar-refractivity contribution in [3.63, 3.8) is 0 Å². The number of fused-ring (bicyclic) bond motifs is 1. The molecule has 0 spiro atoms. The second-order valence-corrected chi connectivity index (χ2v) is 3.81. The van der Waals surface area contributed by atoms with Gasteiger partial charge in [0.1, 0.15) is 0 Å². The Morgan fingerprint density at radius 1 is 1.53 bits per heavy atom. The zero-order valence-corrected chi connectivity index (χ0v) is 9.27. The Balaban J connectivity index is 2.42. The zero-order valence-electron chi connectivity index (χ0n) is 9.27. The first kappa shape index (κ1) is 11.2. The number of rotatable bonds is 3. The van der Waals surface area contributed by atoms with E-state index < -0.39 is 11.7 Å². The first-order valence-electron chi connectivity index (χ1n) is 4.98. The summed E-state index contributed by atoms with van der Waals surface area (Å²) in [5, 5.41) is 8.73. The fraction of sp³-hybridized carbons (Fsp3) is 0.167. The molecule has 1 N–H and O–H groups in total. The third-order valence-electron chi connectivity index (χ3n) is 2.58. The van der Waals surface area contributed by atoms with Gasteiger partial charge in [0, 0.05) is 19.0 Å². The molecule has 0 aliphatic rings. The Kier molecular flexibility index (Phi) is 2.59. The summed E-state index contributed by atoms with van der Waals surface area (Å²) < 4.78 is 6.41. The van der Waals surface area contributed by atoms with Gasteiger partial charge in [-0.25, -0.2) is 9.59 Å². The summed E-state index contributed by atoms with van der Waals surface area (Å²) in [6, 6.07) is 5.14. The lowest BCUT2D eigenvalue weighted by Crippen LogP contribution is -2.08. The number of hydrogen-bond donors (Lipinski definition) is 1. The van der Waals surface area contributed by atoms with Crippen molar-refractivity contribution in [2.24, 2.45) is 7.05 Å². The largest absolute Gasteiger partial charge is 0.478 e. The highest BCUT2D eigenvalue weighted by Gasteiger charge is 2.09. The topological polar surface area (TPSA) is 72.4 Å². The molecular formula is C12H11NO4. The Bertz CT molecular complexity index is 663. The highest BCUT2D eigenvalue weighted by Crippen LogP contribution is 2.16. The number of carbonyl (C=O) groups is 1. The van der Waals surface area contributed by atoms with E-state index in [0.29, 0.717) is 11.1 Å². The van der Waals surface area contributed by atoms with Crippen molar-refractivity contribution < 1.29 is 14.3 Å². The van der Waals surface area contributed by atoms with Crippen LogP contribution in [0.25, 0.3) is 11.1 Å². The van der Waals surface area contributed by atoms with Crippen molar-refractivity contribution in [2.45, 2.75) is 6.42 Å². The minimum Gasteiger partial charge on any atom is -0.478 e. The monoisotopic (exact) mass is 233 g/mol. The molecule has 0 aliphatic heterocycles. The number of aromatic nitrogens is 1. The van der Waals surface area contributed by atoms with Crippen molar-refractivity contribution in [2.75, 3.05) is 0 Å². The van der Waals surface area contributed by atoms with E-state index >= 15 is 0 Å². The summed E-state index contributed by atoms with van der Waals surface area (Å²) in [4.78, 5) is 21.9. The van der Waals surface area contributed by atoms with E-state index in [1.165, 1.54) is 4.57 Å². The van der Waals surface area contributed by atoms with Crippen LogP contribution in [0.3, 0.4) is 0 Å². The number of carboxylic acids is 1. The van der Waals surface area contributed by atoms with Crippen LogP contribution >= 0.6 is 0 Å². The third kappa shape index (κ3) is 1.99. The standard InChI is InChI=1S/C12H11NO4/c1-7(11(14)15)5-8-3-4-9-10(6-8)17-12(16)13(9)2/h3-4,6H,1,5H2,2H3,(H,14,15). The van der Waals surface area contributed by atoms with Crippen LogP contribution in [0.1, 0.15) is 5.56 Å². The molecule has 5 nitrogen and oxygen atoms in total. The molecule has 1 heterocycles. The van der Waals surface area contributed by atoms with E-state index in [1.54, 1.807) is 25.2 Å². The van der Waals surface area contributed by atoms with E-state index in [2.05, 4.69) is 6.58 Å². The SMILES string of the molecule is C=C(Cc1ccc2c(c1)oc(=O)n2C)C(=O)O. The van der Waals surface area contributed by atoms with E-state index in [0.717, 1.165) is 5.56 Å². The van der Waals surface area contributed by atoms with Gasteiger partial charge in [-0.3, -0.25) is 4.57 Å². The van der Waals surface area contributed by atoms with Crippen molar-refractivity contribution in [1.82, 2.24) is 4.57 Å². The van der Waals surface area contributed by atoms with Gasteiger partial charge in [-0.1, -0.05) is 12.6 Å². The Morgan fingerprint density at radius 3 is 2.88 bits per heavy atom. The third-order valence-corrected chi connectivity index (χ3v) is 2.58. The van der Waals surface area contributed by atoms with Gasteiger partial charge in [0.25, 0.3) is 0 Å². The van der Waals surface area contributed by atoms with Gasteiger partial charge in [0.2, 0.25) is 0 Å². The van der Waals surface area contributed by atoms with Gasteiger partial charge in [0.15, 0.2) is 5.58 Å². The molecule has 1 aromatic carbocycles. The average molecular weight is 233 g/mol. The van der Waals surface area contributed by atoms with Crippen LogP contribution in [0.5, 0.6) is 0 Å². The summed E-state index contributed by atoms with van der Waals surface area (Å²) in [6.45, 7) is 3.46. The van der Waals surface area contributed by atoms with Crippen LogP contribution in [0.15, 0.2) is 39.6 Å². The molecule has 2 aromatic rings. The summed E-state index contributed by atoms with van der Waals surface area (Å²) in [6.07, 6.45) is 0.226. The van der Waals surface area contributed by atoms with Crippen molar-refractivity contribution in [1.29, 1.82) is 0 Å². The Morgan fingerprint density at radius 2 is 2.24 bits per heavy atom. The first-order valence-corrected chi connectivity index (χ1v) is 4.98. The van der Waals surface area contributed by atoms with Gasteiger partial charge in [-0.15, -0.1) is 0 Å². The number of aryl methyl sites for hydroxylation is 1. The van der Waals surface area contributed by atoms with E-state index in [-0.39, 0.29) is 12.0 Å². The lowest BCUT2D eigenvalue weighted by molar-refractivity contribution is -0.132. The number of nitrogens with zero attached hydrogens (tertiary/aromatic N) is 1. The quantitative estimate of drug-likeness (QED) is 0.811. The predicted octanol–water partition coefficient (Wildman–Crippen LogP) is 1.31. The van der Waals surface area contributed by atoms with Crippen LogP contribution in [0.4, 0.5) is 0 Å². The Labute approximate surface area is 96.6 Å². The number of aliphatic carboxylic acids is 1. The molecular weight excluding hydrogens is 222 g/mol. The molecule has 5 heteroatoms. The molecule has 0 radical (unpaired) electrons. The normalized spacial score (nSPS) is 10.6. The van der Waals surface area contributed by atoms with Gasteiger partial charge >= 0.3 is 11.7 Å². The van der Waals surface area contributed by atoms with Crippen LogP contribution in [-0.2, 0) is 18.3 Å². The maximum Gasteiger partial charge on any atom is 0.419 e. The molecule has 0 bridgehead atoms. The lowest BCUT2D eigenvalue weighted by atomic mass is 10.1. The second kappa shape index (κ2) is 3.93. The highest BCUT2D eigenvalue weighted by molar-refractivity contribution is 5.86. The minimum absolute atomic E-state index is 0.0997. The van der Waals surface area contributed by atoms with Crippen LogP contribution in [-0.4, -0.2) is 15.6 Å². The maximum absolute atomic E-state index is 11.3. The fourth-order valence-electron chi connectivity index (χ4n) is 1.61. The van der Waals surface area contributed by atoms with Gasteiger partial charge < -0.3 is 9.52 Å².